The van der Waals surface area contributed by atoms with Crippen LogP contribution in [-0.2, 0) is 5.54 Å². The van der Waals surface area contributed by atoms with Gasteiger partial charge in [0.1, 0.15) is 11.6 Å². The standard InChI is InChI=1S/C15H15F2N/c1-10-3-5-11(6-4-10)15(2,18)13-8-7-12(16)9-14(13)17/h3-9H,18H2,1-2H3. The zero-order valence-corrected chi connectivity index (χ0v) is 10.4. The monoisotopic (exact) mass is 247 g/mol. The lowest BCUT2D eigenvalue weighted by Crippen LogP contribution is -2.35. The van der Waals surface area contributed by atoms with Crippen LogP contribution in [0.3, 0.4) is 0 Å². The molecule has 0 fully saturated rings. The molecule has 2 N–H and O–H groups in total. The van der Waals surface area contributed by atoms with Gasteiger partial charge in [-0.25, -0.2) is 8.78 Å². The number of rotatable bonds is 2. The van der Waals surface area contributed by atoms with Crippen molar-refractivity contribution in [2.75, 3.05) is 0 Å². The van der Waals surface area contributed by atoms with Crippen molar-refractivity contribution >= 4 is 0 Å². The predicted octanol–water partition coefficient (Wildman–Crippen LogP) is 3.50. The van der Waals surface area contributed by atoms with E-state index in [-0.39, 0.29) is 5.56 Å². The van der Waals surface area contributed by atoms with Crippen LogP contribution < -0.4 is 5.73 Å². The van der Waals surface area contributed by atoms with Gasteiger partial charge in [0, 0.05) is 11.6 Å². The first-order valence-electron chi connectivity index (χ1n) is 5.73. The quantitative estimate of drug-likeness (QED) is 0.863. The normalized spacial score (nSPS) is 14.3. The minimum absolute atomic E-state index is 0.285. The molecule has 2 rings (SSSR count). The number of halogens is 2. The Labute approximate surface area is 105 Å². The molecule has 3 heteroatoms. The second-order valence-electron chi connectivity index (χ2n) is 4.69. The third kappa shape index (κ3) is 2.27. The van der Waals surface area contributed by atoms with Crippen molar-refractivity contribution in [2.45, 2.75) is 19.4 Å². The Hall–Kier alpha value is -1.74. The molecule has 0 saturated heterocycles. The Morgan fingerprint density at radius 1 is 1.00 bits per heavy atom. The van der Waals surface area contributed by atoms with Gasteiger partial charge in [-0.3, -0.25) is 0 Å². The predicted molar refractivity (Wildman–Crippen MR) is 68.2 cm³/mol. The topological polar surface area (TPSA) is 26.0 Å². The number of benzene rings is 2. The lowest BCUT2D eigenvalue weighted by atomic mass is 9.85. The van der Waals surface area contributed by atoms with E-state index in [4.69, 9.17) is 5.73 Å². The van der Waals surface area contributed by atoms with Gasteiger partial charge in [0.25, 0.3) is 0 Å². The first-order valence-corrected chi connectivity index (χ1v) is 5.73. The van der Waals surface area contributed by atoms with E-state index >= 15 is 0 Å². The Kier molecular flexibility index (Phi) is 3.18. The molecule has 2 aromatic rings. The molecule has 0 heterocycles. The van der Waals surface area contributed by atoms with Gasteiger partial charge in [0.2, 0.25) is 0 Å². The summed E-state index contributed by atoms with van der Waals surface area (Å²) in [6.45, 7) is 3.68. The number of nitrogens with two attached hydrogens (primary N) is 1. The van der Waals surface area contributed by atoms with Gasteiger partial charge in [-0.1, -0.05) is 35.9 Å². The van der Waals surface area contributed by atoms with Crippen LogP contribution in [0.4, 0.5) is 8.78 Å². The molecule has 0 aliphatic carbocycles. The fraction of sp³-hybridized carbons (Fsp3) is 0.200. The molecule has 1 atom stereocenters. The fourth-order valence-corrected chi connectivity index (χ4v) is 1.97. The van der Waals surface area contributed by atoms with Crippen LogP contribution in [-0.4, -0.2) is 0 Å². The Morgan fingerprint density at radius 2 is 1.61 bits per heavy atom. The molecule has 1 nitrogen and oxygen atoms in total. The summed E-state index contributed by atoms with van der Waals surface area (Å²) in [6, 6.07) is 11.0. The molecule has 2 aromatic carbocycles. The minimum Gasteiger partial charge on any atom is -0.318 e. The maximum atomic E-state index is 13.8. The zero-order chi connectivity index (χ0) is 13.3. The number of hydrogen-bond donors (Lipinski definition) is 1. The van der Waals surface area contributed by atoms with Crippen LogP contribution in [0.15, 0.2) is 42.5 Å². The fourth-order valence-electron chi connectivity index (χ4n) is 1.97. The maximum Gasteiger partial charge on any atom is 0.131 e. The number of hydrogen-bond acceptors (Lipinski definition) is 1. The van der Waals surface area contributed by atoms with Crippen molar-refractivity contribution in [3.63, 3.8) is 0 Å². The molecule has 0 radical (unpaired) electrons. The minimum atomic E-state index is -0.981. The summed E-state index contributed by atoms with van der Waals surface area (Å²) in [6.07, 6.45) is 0. The smallest absolute Gasteiger partial charge is 0.131 e. The van der Waals surface area contributed by atoms with Crippen LogP contribution in [0.2, 0.25) is 0 Å². The van der Waals surface area contributed by atoms with Crippen LogP contribution in [0.1, 0.15) is 23.6 Å². The maximum absolute atomic E-state index is 13.8. The molecule has 0 amide bonds. The SMILES string of the molecule is Cc1ccc(C(C)(N)c2ccc(F)cc2F)cc1. The highest BCUT2D eigenvalue weighted by Crippen LogP contribution is 2.29. The van der Waals surface area contributed by atoms with Crippen molar-refractivity contribution in [1.29, 1.82) is 0 Å². The zero-order valence-electron chi connectivity index (χ0n) is 10.4. The van der Waals surface area contributed by atoms with Gasteiger partial charge in [0.15, 0.2) is 0 Å². The van der Waals surface area contributed by atoms with Crippen LogP contribution in [0.5, 0.6) is 0 Å². The van der Waals surface area contributed by atoms with E-state index in [9.17, 15) is 8.78 Å². The Bertz CT molecular complexity index is 559. The molecule has 0 bridgehead atoms. The van der Waals surface area contributed by atoms with E-state index < -0.39 is 17.2 Å². The summed E-state index contributed by atoms with van der Waals surface area (Å²) in [5, 5.41) is 0. The summed E-state index contributed by atoms with van der Waals surface area (Å²) in [7, 11) is 0. The molecule has 0 spiro atoms. The lowest BCUT2D eigenvalue weighted by Gasteiger charge is -2.26. The van der Waals surface area contributed by atoms with Crippen LogP contribution in [0, 0.1) is 18.6 Å². The van der Waals surface area contributed by atoms with Crippen molar-refractivity contribution in [3.8, 4) is 0 Å². The van der Waals surface area contributed by atoms with Gasteiger partial charge in [-0.2, -0.15) is 0 Å². The van der Waals surface area contributed by atoms with Crippen molar-refractivity contribution < 1.29 is 8.78 Å². The average molecular weight is 247 g/mol. The average Bonchev–Trinajstić information content (AvgIpc) is 2.29. The summed E-state index contributed by atoms with van der Waals surface area (Å²) >= 11 is 0. The largest absolute Gasteiger partial charge is 0.318 e. The molecule has 1 unspecified atom stereocenters. The molecule has 0 aliphatic rings. The van der Waals surface area contributed by atoms with E-state index in [2.05, 4.69) is 0 Å². The highest BCUT2D eigenvalue weighted by atomic mass is 19.1. The summed E-state index contributed by atoms with van der Waals surface area (Å²) in [4.78, 5) is 0. The summed E-state index contributed by atoms with van der Waals surface area (Å²) < 4.78 is 26.7. The van der Waals surface area contributed by atoms with E-state index in [0.29, 0.717) is 0 Å². The molecule has 18 heavy (non-hydrogen) atoms. The molecule has 0 aromatic heterocycles. The second-order valence-corrected chi connectivity index (χ2v) is 4.69. The van der Waals surface area contributed by atoms with E-state index in [0.717, 1.165) is 17.2 Å². The third-order valence-electron chi connectivity index (χ3n) is 3.14. The van der Waals surface area contributed by atoms with Gasteiger partial charge in [-0.15, -0.1) is 0 Å². The summed E-state index contributed by atoms with van der Waals surface area (Å²) in [5.41, 5.74) is 7.40. The van der Waals surface area contributed by atoms with Gasteiger partial charge in [0.05, 0.1) is 5.54 Å². The number of aryl methyl sites for hydroxylation is 1. The Morgan fingerprint density at radius 3 is 2.17 bits per heavy atom. The molecular formula is C15H15F2N. The van der Waals surface area contributed by atoms with Crippen molar-refractivity contribution in [1.82, 2.24) is 0 Å². The van der Waals surface area contributed by atoms with Gasteiger partial charge < -0.3 is 5.73 Å². The lowest BCUT2D eigenvalue weighted by molar-refractivity contribution is 0.517. The van der Waals surface area contributed by atoms with E-state index in [1.54, 1.807) is 6.92 Å². The van der Waals surface area contributed by atoms with Gasteiger partial charge >= 0.3 is 0 Å². The molecule has 0 saturated carbocycles. The summed E-state index contributed by atoms with van der Waals surface area (Å²) in [5.74, 6) is -1.23. The van der Waals surface area contributed by atoms with Crippen LogP contribution in [0.25, 0.3) is 0 Å². The van der Waals surface area contributed by atoms with Crippen LogP contribution >= 0.6 is 0 Å². The highest BCUT2D eigenvalue weighted by molar-refractivity contribution is 5.38. The third-order valence-corrected chi connectivity index (χ3v) is 3.14. The first-order chi connectivity index (χ1) is 8.41. The van der Waals surface area contributed by atoms with Crippen molar-refractivity contribution in [2.24, 2.45) is 5.73 Å². The Balaban J connectivity index is 2.50. The van der Waals surface area contributed by atoms with E-state index in [1.807, 2.05) is 31.2 Å². The van der Waals surface area contributed by atoms with E-state index in [1.165, 1.54) is 12.1 Å². The molecular weight excluding hydrogens is 232 g/mol. The molecule has 0 aliphatic heterocycles. The molecule has 94 valence electrons. The highest BCUT2D eigenvalue weighted by Gasteiger charge is 2.27. The van der Waals surface area contributed by atoms with Gasteiger partial charge in [-0.05, 0) is 25.5 Å². The second kappa shape index (κ2) is 4.50. The first kappa shape index (κ1) is 12.7. The van der Waals surface area contributed by atoms with Crippen molar-refractivity contribution in [3.05, 3.63) is 70.8 Å².